The van der Waals surface area contributed by atoms with Crippen LogP contribution in [0.15, 0.2) is 71.4 Å². The molecule has 0 aromatic heterocycles. The molecule has 0 fully saturated rings. The Bertz CT molecular complexity index is 1260. The first-order chi connectivity index (χ1) is 13.9. The van der Waals surface area contributed by atoms with E-state index in [1.54, 1.807) is 12.1 Å². The summed E-state index contributed by atoms with van der Waals surface area (Å²) in [6.07, 6.45) is 1.18. The van der Waals surface area contributed by atoms with Crippen molar-refractivity contribution >= 4 is 40.1 Å². The molecule has 1 aliphatic rings. The summed E-state index contributed by atoms with van der Waals surface area (Å²) in [7, 11) is 0. The van der Waals surface area contributed by atoms with E-state index in [-0.39, 0.29) is 17.2 Å². The molecule has 9 nitrogen and oxygen atoms in total. The van der Waals surface area contributed by atoms with Crippen LogP contribution >= 0.6 is 0 Å². The van der Waals surface area contributed by atoms with Crippen LogP contribution in [0.3, 0.4) is 0 Å². The number of carbonyl (C=O) groups is 1. The molecule has 142 valence electrons. The van der Waals surface area contributed by atoms with Crippen LogP contribution in [0.1, 0.15) is 11.1 Å². The van der Waals surface area contributed by atoms with Gasteiger partial charge in [0.15, 0.2) is 5.70 Å². The molecule has 4 rings (SSSR count). The van der Waals surface area contributed by atoms with Crippen molar-refractivity contribution in [3.05, 3.63) is 97.7 Å². The Morgan fingerprint density at radius 3 is 2.45 bits per heavy atom. The summed E-state index contributed by atoms with van der Waals surface area (Å²) in [5.74, 6) is -0.678. The zero-order chi connectivity index (χ0) is 20.5. The lowest BCUT2D eigenvalue weighted by molar-refractivity contribution is -0.394. The van der Waals surface area contributed by atoms with Gasteiger partial charge in [-0.3, -0.25) is 20.2 Å². The minimum atomic E-state index is -0.763. The Morgan fingerprint density at radius 2 is 1.69 bits per heavy atom. The van der Waals surface area contributed by atoms with Crippen molar-refractivity contribution in [2.45, 2.75) is 0 Å². The number of aliphatic imine (C=N–C) groups is 1. The second kappa shape index (κ2) is 6.97. The van der Waals surface area contributed by atoms with Gasteiger partial charge in [0.2, 0.25) is 5.90 Å². The van der Waals surface area contributed by atoms with Crippen molar-refractivity contribution in [1.29, 1.82) is 0 Å². The highest BCUT2D eigenvalue weighted by Crippen LogP contribution is 2.29. The molecule has 0 bridgehead atoms. The van der Waals surface area contributed by atoms with Gasteiger partial charge < -0.3 is 4.74 Å². The monoisotopic (exact) mass is 389 g/mol. The molecule has 29 heavy (non-hydrogen) atoms. The molecule has 1 aliphatic heterocycles. The molecule has 0 N–H and O–H groups in total. The Morgan fingerprint density at radius 1 is 0.931 bits per heavy atom. The number of esters is 1. The molecule has 0 radical (unpaired) electrons. The van der Waals surface area contributed by atoms with Crippen molar-refractivity contribution in [3.63, 3.8) is 0 Å². The summed E-state index contributed by atoms with van der Waals surface area (Å²) >= 11 is 0. The number of rotatable bonds is 4. The lowest BCUT2D eigenvalue weighted by atomic mass is 10.0. The van der Waals surface area contributed by atoms with E-state index in [1.165, 1.54) is 12.1 Å². The molecule has 9 heteroatoms. The number of nitro benzene ring substituents is 2. The first kappa shape index (κ1) is 18.0. The minimum Gasteiger partial charge on any atom is -0.402 e. The number of nitrogens with zero attached hydrogens (tertiary/aromatic N) is 3. The van der Waals surface area contributed by atoms with Gasteiger partial charge >= 0.3 is 5.97 Å². The van der Waals surface area contributed by atoms with E-state index >= 15 is 0 Å². The second-order valence-electron chi connectivity index (χ2n) is 6.12. The van der Waals surface area contributed by atoms with Crippen molar-refractivity contribution in [3.8, 4) is 0 Å². The summed E-state index contributed by atoms with van der Waals surface area (Å²) < 4.78 is 5.27. The van der Waals surface area contributed by atoms with Gasteiger partial charge in [0.25, 0.3) is 11.4 Å². The standard InChI is InChI=1S/C20H11N3O6/c24-20-17(10-13-8-9-14(22(25)26)11-18(13)23(27)28)21-19(29-20)16-7-3-5-12-4-1-2-6-15(12)16/h1-11H. The first-order valence-electron chi connectivity index (χ1n) is 8.37. The summed E-state index contributed by atoms with van der Waals surface area (Å²) in [6, 6.07) is 16.1. The van der Waals surface area contributed by atoms with Crippen LogP contribution in [-0.4, -0.2) is 21.7 Å². The number of non-ortho nitro benzene ring substituents is 1. The Kier molecular flexibility index (Phi) is 4.32. The molecular formula is C20H11N3O6. The fourth-order valence-corrected chi connectivity index (χ4v) is 3.01. The topological polar surface area (TPSA) is 125 Å². The van der Waals surface area contributed by atoms with E-state index in [9.17, 15) is 25.0 Å². The average Bonchev–Trinajstić information content (AvgIpc) is 3.07. The predicted octanol–water partition coefficient (Wildman–Crippen LogP) is 4.00. The normalized spacial score (nSPS) is 14.7. The highest BCUT2D eigenvalue weighted by Gasteiger charge is 2.27. The molecule has 0 saturated carbocycles. The van der Waals surface area contributed by atoms with Gasteiger partial charge in [0.05, 0.1) is 21.5 Å². The molecule has 0 unspecified atom stereocenters. The van der Waals surface area contributed by atoms with E-state index in [0.29, 0.717) is 5.56 Å². The third-order valence-corrected chi connectivity index (χ3v) is 4.35. The molecule has 1 heterocycles. The van der Waals surface area contributed by atoms with Crippen molar-refractivity contribution in [1.82, 2.24) is 0 Å². The van der Waals surface area contributed by atoms with Gasteiger partial charge in [-0.15, -0.1) is 0 Å². The van der Waals surface area contributed by atoms with E-state index in [4.69, 9.17) is 4.74 Å². The van der Waals surface area contributed by atoms with Crippen LogP contribution in [0, 0.1) is 20.2 Å². The number of fused-ring (bicyclic) bond motifs is 1. The number of nitro groups is 2. The molecule has 0 saturated heterocycles. The predicted molar refractivity (Wildman–Crippen MR) is 104 cm³/mol. The van der Waals surface area contributed by atoms with E-state index in [1.807, 2.05) is 30.3 Å². The van der Waals surface area contributed by atoms with Crippen LogP contribution < -0.4 is 0 Å². The number of hydrogen-bond donors (Lipinski definition) is 0. The van der Waals surface area contributed by atoms with E-state index in [0.717, 1.165) is 22.9 Å². The fourth-order valence-electron chi connectivity index (χ4n) is 3.01. The van der Waals surface area contributed by atoms with Crippen LogP contribution in [0.4, 0.5) is 11.4 Å². The minimum absolute atomic E-state index is 0.00969. The van der Waals surface area contributed by atoms with Crippen molar-refractivity contribution < 1.29 is 19.4 Å². The maximum absolute atomic E-state index is 12.3. The van der Waals surface area contributed by atoms with E-state index in [2.05, 4.69) is 4.99 Å². The number of cyclic esters (lactones) is 1. The van der Waals surface area contributed by atoms with Gasteiger partial charge in [-0.05, 0) is 29.0 Å². The molecular weight excluding hydrogens is 378 g/mol. The molecule has 3 aromatic rings. The van der Waals surface area contributed by atoms with Gasteiger partial charge in [0, 0.05) is 11.6 Å². The third kappa shape index (κ3) is 3.32. The quantitative estimate of drug-likeness (QED) is 0.287. The van der Waals surface area contributed by atoms with Crippen molar-refractivity contribution in [2.24, 2.45) is 4.99 Å². The first-order valence-corrected chi connectivity index (χ1v) is 8.37. The van der Waals surface area contributed by atoms with E-state index < -0.39 is 27.2 Å². The summed E-state index contributed by atoms with van der Waals surface area (Å²) in [4.78, 5) is 37.1. The molecule has 0 amide bonds. The number of hydrogen-bond acceptors (Lipinski definition) is 7. The largest absolute Gasteiger partial charge is 0.402 e. The maximum atomic E-state index is 12.3. The third-order valence-electron chi connectivity index (χ3n) is 4.35. The van der Waals surface area contributed by atoms with Crippen LogP contribution in [0.25, 0.3) is 16.8 Å². The SMILES string of the molecule is O=C1OC(c2cccc3ccccc23)=NC1=Cc1ccc([N+](=O)[O-])cc1[N+](=O)[O-]. The van der Waals surface area contributed by atoms with Gasteiger partial charge in [-0.25, -0.2) is 9.79 Å². The molecule has 0 atom stereocenters. The summed E-state index contributed by atoms with van der Waals surface area (Å²) in [5, 5.41) is 23.9. The highest BCUT2D eigenvalue weighted by molar-refractivity contribution is 6.17. The number of ether oxygens (including phenoxy) is 1. The smallest absolute Gasteiger partial charge is 0.363 e. The average molecular weight is 389 g/mol. The lowest BCUT2D eigenvalue weighted by Gasteiger charge is -2.04. The molecule has 0 spiro atoms. The summed E-state index contributed by atoms with van der Waals surface area (Å²) in [5.41, 5.74) is -0.445. The Labute approximate surface area is 162 Å². The van der Waals surface area contributed by atoms with Crippen LogP contribution in [0.2, 0.25) is 0 Å². The number of benzene rings is 3. The molecule has 3 aromatic carbocycles. The van der Waals surface area contributed by atoms with Gasteiger partial charge in [-0.1, -0.05) is 36.4 Å². The maximum Gasteiger partial charge on any atom is 0.363 e. The number of carbonyl (C=O) groups excluding carboxylic acids is 1. The lowest BCUT2D eigenvalue weighted by Crippen LogP contribution is -2.06. The second-order valence-corrected chi connectivity index (χ2v) is 6.12. The highest BCUT2D eigenvalue weighted by atomic mass is 16.6. The van der Waals surface area contributed by atoms with Crippen LogP contribution in [0.5, 0.6) is 0 Å². The zero-order valence-electron chi connectivity index (χ0n) is 14.6. The molecule has 0 aliphatic carbocycles. The van der Waals surface area contributed by atoms with Gasteiger partial charge in [0.1, 0.15) is 0 Å². The Hall–Kier alpha value is -4.40. The van der Waals surface area contributed by atoms with Gasteiger partial charge in [-0.2, -0.15) is 0 Å². The zero-order valence-corrected chi connectivity index (χ0v) is 14.6. The van der Waals surface area contributed by atoms with Crippen LogP contribution in [-0.2, 0) is 9.53 Å². The van der Waals surface area contributed by atoms with Crippen molar-refractivity contribution in [2.75, 3.05) is 0 Å². The summed E-state index contributed by atoms with van der Waals surface area (Å²) in [6.45, 7) is 0. The Balaban J connectivity index is 1.79. The fraction of sp³-hybridized carbons (Fsp3) is 0.